The normalized spacial score (nSPS) is 14.5. The Labute approximate surface area is 151 Å². The lowest BCUT2D eigenvalue weighted by Crippen LogP contribution is -2.44. The number of piperazine rings is 1. The summed E-state index contributed by atoms with van der Waals surface area (Å²) in [4.78, 5) is 20.4. The van der Waals surface area contributed by atoms with E-state index in [4.69, 9.17) is 14.7 Å². The lowest BCUT2D eigenvalue weighted by atomic mass is 10.2. The largest absolute Gasteiger partial charge is 0.494 e. The van der Waals surface area contributed by atoms with Gasteiger partial charge in [-0.25, -0.2) is 15.0 Å². The minimum atomic E-state index is 0.653. The molecule has 26 heavy (non-hydrogen) atoms. The molecule has 1 aliphatic heterocycles. The number of rotatable bonds is 4. The van der Waals surface area contributed by atoms with Crippen LogP contribution in [0.15, 0.2) is 30.7 Å². The number of fused-ring (bicyclic) bond motifs is 1. The van der Waals surface area contributed by atoms with Crippen molar-refractivity contribution in [2.24, 2.45) is 0 Å². The number of hydrogen-bond acceptors (Lipinski definition) is 8. The smallest absolute Gasteiger partial charge is 0.162 e. The number of anilines is 2. The van der Waals surface area contributed by atoms with Gasteiger partial charge in [0.05, 0.1) is 30.4 Å². The standard InChI is InChI=1S/C18H21N7O/c1-19-15-9-12(3-4-22-15)17-23-13-10-21-11-14(26-2)16(13)18(24-17)25-7-5-20-6-8-25/h3-4,9-11,20H,5-8H2,1-2H3,(H,19,22). The molecule has 3 aromatic heterocycles. The van der Waals surface area contributed by atoms with E-state index in [0.717, 1.165) is 54.3 Å². The number of pyridine rings is 2. The summed E-state index contributed by atoms with van der Waals surface area (Å²) in [5, 5.41) is 7.33. The van der Waals surface area contributed by atoms with Crippen LogP contribution in [-0.2, 0) is 0 Å². The van der Waals surface area contributed by atoms with Crippen molar-refractivity contribution in [2.45, 2.75) is 0 Å². The van der Waals surface area contributed by atoms with Crippen molar-refractivity contribution < 1.29 is 4.74 Å². The first-order valence-corrected chi connectivity index (χ1v) is 8.59. The lowest BCUT2D eigenvalue weighted by molar-refractivity contribution is 0.418. The molecule has 0 aliphatic carbocycles. The van der Waals surface area contributed by atoms with Crippen molar-refractivity contribution in [1.29, 1.82) is 0 Å². The van der Waals surface area contributed by atoms with Gasteiger partial charge in [-0.2, -0.15) is 0 Å². The molecule has 0 aromatic carbocycles. The number of ether oxygens (including phenoxy) is 1. The molecule has 0 atom stereocenters. The molecule has 0 amide bonds. The predicted octanol–water partition coefficient (Wildman–Crippen LogP) is 1.55. The monoisotopic (exact) mass is 351 g/mol. The summed E-state index contributed by atoms with van der Waals surface area (Å²) in [6, 6.07) is 3.85. The van der Waals surface area contributed by atoms with Gasteiger partial charge in [0.2, 0.25) is 0 Å². The van der Waals surface area contributed by atoms with E-state index in [-0.39, 0.29) is 0 Å². The summed E-state index contributed by atoms with van der Waals surface area (Å²) < 4.78 is 5.54. The van der Waals surface area contributed by atoms with E-state index in [9.17, 15) is 0 Å². The molecular formula is C18H21N7O. The molecule has 0 spiro atoms. The van der Waals surface area contributed by atoms with Gasteiger partial charge in [-0.3, -0.25) is 4.98 Å². The van der Waals surface area contributed by atoms with Crippen LogP contribution in [0.1, 0.15) is 0 Å². The Morgan fingerprint density at radius 2 is 2.04 bits per heavy atom. The molecule has 1 fully saturated rings. The maximum Gasteiger partial charge on any atom is 0.162 e. The molecule has 8 heteroatoms. The zero-order valence-electron chi connectivity index (χ0n) is 14.9. The van der Waals surface area contributed by atoms with Crippen LogP contribution >= 0.6 is 0 Å². The first-order valence-electron chi connectivity index (χ1n) is 8.59. The number of nitrogens with zero attached hydrogens (tertiary/aromatic N) is 5. The van der Waals surface area contributed by atoms with Crippen molar-refractivity contribution in [3.05, 3.63) is 30.7 Å². The number of aromatic nitrogens is 4. The number of methoxy groups -OCH3 is 1. The van der Waals surface area contributed by atoms with E-state index in [1.54, 1.807) is 25.7 Å². The van der Waals surface area contributed by atoms with Gasteiger partial charge in [0.25, 0.3) is 0 Å². The molecular weight excluding hydrogens is 330 g/mol. The SMILES string of the molecule is CNc1cc(-c2nc(N3CCNCC3)c3c(OC)cncc3n2)ccn1. The third-order valence-electron chi connectivity index (χ3n) is 4.46. The van der Waals surface area contributed by atoms with Crippen LogP contribution in [0.25, 0.3) is 22.3 Å². The van der Waals surface area contributed by atoms with Gasteiger partial charge >= 0.3 is 0 Å². The van der Waals surface area contributed by atoms with Crippen molar-refractivity contribution in [3.63, 3.8) is 0 Å². The highest BCUT2D eigenvalue weighted by Crippen LogP contribution is 2.33. The van der Waals surface area contributed by atoms with E-state index in [1.807, 2.05) is 19.2 Å². The molecule has 1 saturated heterocycles. The second kappa shape index (κ2) is 7.09. The van der Waals surface area contributed by atoms with Crippen LogP contribution in [0, 0.1) is 0 Å². The van der Waals surface area contributed by atoms with Gasteiger partial charge in [0.15, 0.2) is 5.82 Å². The Balaban J connectivity index is 1.92. The van der Waals surface area contributed by atoms with Crippen molar-refractivity contribution in [3.8, 4) is 17.1 Å². The number of hydrogen-bond donors (Lipinski definition) is 2. The quantitative estimate of drug-likeness (QED) is 0.732. The Kier molecular flexibility index (Phi) is 4.49. The van der Waals surface area contributed by atoms with E-state index in [2.05, 4.69) is 25.5 Å². The topological polar surface area (TPSA) is 88.1 Å². The highest BCUT2D eigenvalue weighted by Gasteiger charge is 2.20. The minimum absolute atomic E-state index is 0.653. The molecule has 4 rings (SSSR count). The fourth-order valence-corrected chi connectivity index (χ4v) is 3.13. The number of nitrogens with one attached hydrogen (secondary N) is 2. The average Bonchev–Trinajstić information content (AvgIpc) is 2.73. The molecule has 3 aromatic rings. The van der Waals surface area contributed by atoms with E-state index in [0.29, 0.717) is 11.6 Å². The molecule has 8 nitrogen and oxygen atoms in total. The van der Waals surface area contributed by atoms with E-state index >= 15 is 0 Å². The maximum atomic E-state index is 5.54. The van der Waals surface area contributed by atoms with Crippen molar-refractivity contribution in [2.75, 3.05) is 50.6 Å². The Hall–Kier alpha value is -3.00. The fraction of sp³-hybridized carbons (Fsp3) is 0.333. The summed E-state index contributed by atoms with van der Waals surface area (Å²) in [5.74, 6) is 3.00. The zero-order chi connectivity index (χ0) is 17.9. The highest BCUT2D eigenvalue weighted by atomic mass is 16.5. The Bertz CT molecular complexity index is 925. The van der Waals surface area contributed by atoms with Gasteiger partial charge in [-0.1, -0.05) is 0 Å². The fourth-order valence-electron chi connectivity index (χ4n) is 3.13. The second-order valence-electron chi connectivity index (χ2n) is 6.02. The van der Waals surface area contributed by atoms with Gasteiger partial charge in [0.1, 0.15) is 17.4 Å². The molecule has 134 valence electrons. The molecule has 0 bridgehead atoms. The molecule has 1 aliphatic rings. The Morgan fingerprint density at radius 1 is 1.19 bits per heavy atom. The summed E-state index contributed by atoms with van der Waals surface area (Å²) in [6.07, 6.45) is 5.22. The second-order valence-corrected chi connectivity index (χ2v) is 6.02. The van der Waals surface area contributed by atoms with Crippen LogP contribution in [0.5, 0.6) is 5.75 Å². The summed E-state index contributed by atoms with van der Waals surface area (Å²) >= 11 is 0. The van der Waals surface area contributed by atoms with Crippen LogP contribution in [0.3, 0.4) is 0 Å². The molecule has 4 heterocycles. The van der Waals surface area contributed by atoms with Crippen LogP contribution < -0.4 is 20.3 Å². The van der Waals surface area contributed by atoms with Crippen LogP contribution in [-0.4, -0.2) is 60.3 Å². The first-order chi connectivity index (χ1) is 12.8. The van der Waals surface area contributed by atoms with Gasteiger partial charge < -0.3 is 20.3 Å². The molecule has 0 unspecified atom stereocenters. The summed E-state index contributed by atoms with van der Waals surface area (Å²) in [7, 11) is 3.49. The van der Waals surface area contributed by atoms with Gasteiger partial charge in [-0.15, -0.1) is 0 Å². The minimum Gasteiger partial charge on any atom is -0.494 e. The average molecular weight is 351 g/mol. The third kappa shape index (κ3) is 2.99. The van der Waals surface area contributed by atoms with Gasteiger partial charge in [-0.05, 0) is 12.1 Å². The first kappa shape index (κ1) is 16.5. The van der Waals surface area contributed by atoms with Crippen molar-refractivity contribution in [1.82, 2.24) is 25.3 Å². The predicted molar refractivity (Wildman–Crippen MR) is 102 cm³/mol. The summed E-state index contributed by atoms with van der Waals surface area (Å²) in [6.45, 7) is 3.62. The third-order valence-corrected chi connectivity index (χ3v) is 4.46. The lowest BCUT2D eigenvalue weighted by Gasteiger charge is -2.29. The molecule has 2 N–H and O–H groups in total. The van der Waals surface area contributed by atoms with E-state index in [1.165, 1.54) is 0 Å². The molecule has 0 radical (unpaired) electrons. The maximum absolute atomic E-state index is 5.54. The van der Waals surface area contributed by atoms with Crippen LogP contribution in [0.4, 0.5) is 11.6 Å². The summed E-state index contributed by atoms with van der Waals surface area (Å²) in [5.41, 5.74) is 1.68. The van der Waals surface area contributed by atoms with E-state index < -0.39 is 0 Å². The van der Waals surface area contributed by atoms with Gasteiger partial charge in [0, 0.05) is 45.0 Å². The highest BCUT2D eigenvalue weighted by molar-refractivity contribution is 5.95. The van der Waals surface area contributed by atoms with Crippen molar-refractivity contribution >= 4 is 22.5 Å². The zero-order valence-corrected chi connectivity index (χ0v) is 14.9. The molecule has 0 saturated carbocycles. The Morgan fingerprint density at radius 3 is 2.81 bits per heavy atom. The van der Waals surface area contributed by atoms with Crippen LogP contribution in [0.2, 0.25) is 0 Å².